The molecule has 0 saturated heterocycles. The van der Waals surface area contributed by atoms with Gasteiger partial charge in [0.15, 0.2) is 6.29 Å². The fraction of sp³-hybridized carbons (Fsp3) is 1.00. The van der Waals surface area contributed by atoms with Crippen molar-refractivity contribution < 1.29 is 10.2 Å². The van der Waals surface area contributed by atoms with Gasteiger partial charge in [-0.1, -0.05) is 51.9 Å². The molecule has 0 rings (SSSR count). The zero-order chi connectivity index (χ0) is 12.2. The molecule has 0 heterocycles. The van der Waals surface area contributed by atoms with E-state index in [1.807, 2.05) is 11.9 Å². The lowest BCUT2D eigenvalue weighted by molar-refractivity contribution is -0.0573. The van der Waals surface area contributed by atoms with Gasteiger partial charge in [0.25, 0.3) is 0 Å². The minimum atomic E-state index is -1.20. The second-order valence-corrected chi connectivity index (χ2v) is 4.72. The summed E-state index contributed by atoms with van der Waals surface area (Å²) < 4.78 is 0. The average molecular weight is 231 g/mol. The fourth-order valence-electron chi connectivity index (χ4n) is 1.89. The van der Waals surface area contributed by atoms with Crippen molar-refractivity contribution in [1.29, 1.82) is 0 Å². The number of aliphatic hydroxyl groups is 2. The van der Waals surface area contributed by atoms with Gasteiger partial charge in [-0.05, 0) is 20.0 Å². The van der Waals surface area contributed by atoms with Crippen LogP contribution in [0.1, 0.15) is 58.3 Å². The molecule has 0 spiro atoms. The average Bonchev–Trinajstić information content (AvgIpc) is 2.21. The van der Waals surface area contributed by atoms with E-state index < -0.39 is 6.29 Å². The van der Waals surface area contributed by atoms with Crippen LogP contribution in [0.4, 0.5) is 0 Å². The van der Waals surface area contributed by atoms with Crippen LogP contribution >= 0.6 is 0 Å². The Bertz CT molecular complexity index is 140. The van der Waals surface area contributed by atoms with Crippen LogP contribution in [-0.2, 0) is 0 Å². The van der Waals surface area contributed by atoms with Gasteiger partial charge in [-0.2, -0.15) is 0 Å². The van der Waals surface area contributed by atoms with Crippen LogP contribution < -0.4 is 0 Å². The van der Waals surface area contributed by atoms with Gasteiger partial charge < -0.3 is 15.1 Å². The van der Waals surface area contributed by atoms with Crippen molar-refractivity contribution in [3.05, 3.63) is 0 Å². The monoisotopic (exact) mass is 231 g/mol. The molecule has 2 N–H and O–H groups in total. The standard InChI is InChI=1S/C13H29NO2/c1-3-4-5-6-7-8-9-10-11-14(2)12-13(15)16/h13,15-16H,3-12H2,1-2H3. The van der Waals surface area contributed by atoms with Gasteiger partial charge in [-0.25, -0.2) is 0 Å². The van der Waals surface area contributed by atoms with Gasteiger partial charge in [-0.3, -0.25) is 0 Å². The predicted molar refractivity (Wildman–Crippen MR) is 68.3 cm³/mol. The first-order valence-electron chi connectivity index (χ1n) is 6.71. The van der Waals surface area contributed by atoms with Crippen LogP contribution in [0.25, 0.3) is 0 Å². The van der Waals surface area contributed by atoms with Gasteiger partial charge in [0.2, 0.25) is 0 Å². The molecule has 3 nitrogen and oxygen atoms in total. The zero-order valence-corrected chi connectivity index (χ0v) is 11.0. The van der Waals surface area contributed by atoms with E-state index in [4.69, 9.17) is 10.2 Å². The topological polar surface area (TPSA) is 43.7 Å². The fourth-order valence-corrected chi connectivity index (χ4v) is 1.89. The molecule has 0 aliphatic carbocycles. The van der Waals surface area contributed by atoms with Gasteiger partial charge in [0.05, 0.1) is 0 Å². The molecule has 0 aliphatic rings. The maximum Gasteiger partial charge on any atom is 0.164 e. The first-order chi connectivity index (χ1) is 7.66. The van der Waals surface area contributed by atoms with Crippen molar-refractivity contribution in [2.24, 2.45) is 0 Å². The normalized spacial score (nSPS) is 11.6. The molecule has 0 unspecified atom stereocenters. The molecule has 0 amide bonds. The molecule has 0 aromatic carbocycles. The predicted octanol–water partition coefficient (Wildman–Crippen LogP) is 2.37. The molecule has 16 heavy (non-hydrogen) atoms. The Labute approximate surface area is 100 Å². The molecule has 0 bridgehead atoms. The Morgan fingerprint density at radius 2 is 1.38 bits per heavy atom. The first kappa shape index (κ1) is 15.9. The lowest BCUT2D eigenvalue weighted by Crippen LogP contribution is -2.29. The summed E-state index contributed by atoms with van der Waals surface area (Å²) in [7, 11) is 1.93. The summed E-state index contributed by atoms with van der Waals surface area (Å²) in [5, 5.41) is 17.5. The lowest BCUT2D eigenvalue weighted by atomic mass is 10.1. The summed E-state index contributed by atoms with van der Waals surface area (Å²) in [5.41, 5.74) is 0. The molecule has 0 aliphatic heterocycles. The Balaban J connectivity index is 3.08. The SMILES string of the molecule is CCCCCCCCCCN(C)CC(O)O. The second-order valence-electron chi connectivity index (χ2n) is 4.72. The summed E-state index contributed by atoms with van der Waals surface area (Å²) in [5.74, 6) is 0. The number of aliphatic hydroxyl groups excluding tert-OH is 1. The van der Waals surface area contributed by atoms with Crippen molar-refractivity contribution in [2.75, 3.05) is 20.1 Å². The summed E-state index contributed by atoms with van der Waals surface area (Å²) in [6.45, 7) is 3.56. The van der Waals surface area contributed by atoms with Crippen LogP contribution in [0.5, 0.6) is 0 Å². The maximum absolute atomic E-state index is 8.76. The molecule has 0 aromatic rings. The Hall–Kier alpha value is -0.120. The number of hydrogen-bond acceptors (Lipinski definition) is 3. The van der Waals surface area contributed by atoms with Gasteiger partial charge in [0, 0.05) is 6.54 Å². The van der Waals surface area contributed by atoms with Crippen molar-refractivity contribution in [3.8, 4) is 0 Å². The molecule has 0 radical (unpaired) electrons. The number of nitrogens with zero attached hydrogens (tertiary/aromatic N) is 1. The molecule has 0 saturated carbocycles. The highest BCUT2D eigenvalue weighted by Gasteiger charge is 2.02. The van der Waals surface area contributed by atoms with E-state index in [1.165, 1.54) is 44.9 Å². The third kappa shape index (κ3) is 12.0. The van der Waals surface area contributed by atoms with E-state index in [0.29, 0.717) is 6.54 Å². The highest BCUT2D eigenvalue weighted by Crippen LogP contribution is 2.08. The van der Waals surface area contributed by atoms with Crippen LogP contribution in [0.3, 0.4) is 0 Å². The van der Waals surface area contributed by atoms with Crippen LogP contribution in [0.15, 0.2) is 0 Å². The molecule has 3 heteroatoms. The van der Waals surface area contributed by atoms with Gasteiger partial charge in [-0.15, -0.1) is 0 Å². The van der Waals surface area contributed by atoms with E-state index in [2.05, 4.69) is 6.92 Å². The highest BCUT2D eigenvalue weighted by atomic mass is 16.5. The van der Waals surface area contributed by atoms with E-state index in [1.54, 1.807) is 0 Å². The third-order valence-corrected chi connectivity index (χ3v) is 2.87. The summed E-state index contributed by atoms with van der Waals surface area (Å²) in [4.78, 5) is 1.97. The van der Waals surface area contributed by atoms with Crippen molar-refractivity contribution >= 4 is 0 Å². The molecule has 0 fully saturated rings. The first-order valence-corrected chi connectivity index (χ1v) is 6.71. The van der Waals surface area contributed by atoms with Crippen LogP contribution in [0, 0.1) is 0 Å². The molecule has 98 valence electrons. The largest absolute Gasteiger partial charge is 0.367 e. The van der Waals surface area contributed by atoms with E-state index >= 15 is 0 Å². The number of hydrogen-bond donors (Lipinski definition) is 2. The van der Waals surface area contributed by atoms with E-state index in [9.17, 15) is 0 Å². The lowest BCUT2D eigenvalue weighted by Gasteiger charge is -2.17. The highest BCUT2D eigenvalue weighted by molar-refractivity contribution is 4.53. The Morgan fingerprint density at radius 3 is 1.88 bits per heavy atom. The summed E-state index contributed by atoms with van der Waals surface area (Å²) in [6, 6.07) is 0. The number of likely N-dealkylation sites (N-methyl/N-ethyl adjacent to an activating group) is 1. The van der Waals surface area contributed by atoms with Crippen molar-refractivity contribution in [1.82, 2.24) is 4.90 Å². The number of unbranched alkanes of at least 4 members (excludes halogenated alkanes) is 7. The molecule has 0 atom stereocenters. The van der Waals surface area contributed by atoms with E-state index in [-0.39, 0.29) is 0 Å². The van der Waals surface area contributed by atoms with Crippen LogP contribution in [0.2, 0.25) is 0 Å². The minimum absolute atomic E-state index is 0.358. The quantitative estimate of drug-likeness (QED) is 0.424. The second kappa shape index (κ2) is 11.4. The van der Waals surface area contributed by atoms with Crippen molar-refractivity contribution in [2.45, 2.75) is 64.6 Å². The summed E-state index contributed by atoms with van der Waals surface area (Å²) >= 11 is 0. The van der Waals surface area contributed by atoms with Gasteiger partial charge >= 0.3 is 0 Å². The van der Waals surface area contributed by atoms with Gasteiger partial charge in [0.1, 0.15) is 0 Å². The smallest absolute Gasteiger partial charge is 0.164 e. The Morgan fingerprint density at radius 1 is 0.875 bits per heavy atom. The van der Waals surface area contributed by atoms with Crippen LogP contribution in [-0.4, -0.2) is 41.5 Å². The van der Waals surface area contributed by atoms with E-state index in [0.717, 1.165) is 13.0 Å². The maximum atomic E-state index is 8.76. The molecule has 0 aromatic heterocycles. The minimum Gasteiger partial charge on any atom is -0.367 e. The summed E-state index contributed by atoms with van der Waals surface area (Å²) in [6.07, 6.45) is 9.34. The zero-order valence-electron chi connectivity index (χ0n) is 11.0. The Kier molecular flexibility index (Phi) is 11.3. The molecular weight excluding hydrogens is 202 g/mol. The number of rotatable bonds is 11. The van der Waals surface area contributed by atoms with Crippen molar-refractivity contribution in [3.63, 3.8) is 0 Å². The third-order valence-electron chi connectivity index (χ3n) is 2.87. The molecular formula is C13H29NO2.